The Hall–Kier alpha value is 0.611. The lowest BCUT2D eigenvalue weighted by molar-refractivity contribution is 1.10. The molecule has 0 aromatic carbocycles. The largest absolute Gasteiger partial charge is 0.375 e. The quantitative estimate of drug-likeness (QED) is 0.513. The number of rotatable bonds is 3. The second kappa shape index (κ2) is 4.76. The summed E-state index contributed by atoms with van der Waals surface area (Å²) in [5, 5.41) is 0. The molecule has 0 N–H and O–H groups in total. The van der Waals surface area contributed by atoms with Crippen molar-refractivity contribution in [3.05, 3.63) is 0 Å². The molecule has 0 spiro atoms. The van der Waals surface area contributed by atoms with Gasteiger partial charge in [0.25, 0.3) is 0 Å². The Balaban J connectivity index is 2.99. The summed E-state index contributed by atoms with van der Waals surface area (Å²) in [4.78, 5) is 0. The lowest BCUT2D eigenvalue weighted by Crippen LogP contribution is -2.30. The van der Waals surface area contributed by atoms with Gasteiger partial charge in [0.2, 0.25) is 0 Å². The van der Waals surface area contributed by atoms with E-state index in [1.807, 2.05) is 0 Å². The van der Waals surface area contributed by atoms with Crippen LogP contribution < -0.4 is 0 Å². The number of hydrogen-bond acceptors (Lipinski definition) is 1. The van der Waals surface area contributed by atoms with Crippen molar-refractivity contribution in [2.45, 2.75) is 19.6 Å². The lowest BCUT2D eigenvalue weighted by Gasteiger charge is -2.10. The van der Waals surface area contributed by atoms with Crippen molar-refractivity contribution in [2.75, 3.05) is 0 Å². The van der Waals surface area contributed by atoms with Crippen molar-refractivity contribution < 1.29 is 0 Å². The van der Waals surface area contributed by atoms with E-state index in [1.165, 1.54) is 0 Å². The number of nitrogens with zero attached hydrogens (tertiary/aromatic N) is 1. The summed E-state index contributed by atoms with van der Waals surface area (Å²) in [5.74, 6) is 0. The SMILES string of the molecule is C[Si]N([Si]C)[Si]C. The van der Waals surface area contributed by atoms with Gasteiger partial charge in [-0.3, -0.25) is 0 Å². The maximum Gasteiger partial charge on any atom is 0.122 e. The third kappa shape index (κ3) is 3.22. The van der Waals surface area contributed by atoms with Crippen LogP contribution in [0.2, 0.25) is 19.6 Å². The third-order valence-corrected chi connectivity index (χ3v) is 6.04. The predicted molar refractivity (Wildman–Crippen MR) is 36.7 cm³/mol. The molecular weight excluding hydrogens is 134 g/mol. The monoisotopic (exact) mass is 143 g/mol. The van der Waals surface area contributed by atoms with Gasteiger partial charge in [0.15, 0.2) is 0 Å². The van der Waals surface area contributed by atoms with Gasteiger partial charge >= 0.3 is 0 Å². The Morgan fingerprint density at radius 3 is 1.14 bits per heavy atom. The van der Waals surface area contributed by atoms with Crippen molar-refractivity contribution in [1.82, 2.24) is 3.90 Å². The van der Waals surface area contributed by atoms with Crippen LogP contribution in [0.15, 0.2) is 0 Å². The van der Waals surface area contributed by atoms with Gasteiger partial charge in [-0.1, -0.05) is 19.6 Å². The van der Waals surface area contributed by atoms with Gasteiger partial charge in [0.05, 0.1) is 0 Å². The number of hydrogen-bond donors (Lipinski definition) is 0. The molecule has 0 aromatic rings. The van der Waals surface area contributed by atoms with Crippen LogP contribution in [0.5, 0.6) is 0 Å². The first-order valence-corrected chi connectivity index (χ1v) is 6.51. The Morgan fingerprint density at radius 1 is 0.857 bits per heavy atom. The summed E-state index contributed by atoms with van der Waals surface area (Å²) in [7, 11) is 3.02. The average molecular weight is 143 g/mol. The van der Waals surface area contributed by atoms with Crippen LogP contribution in [-0.4, -0.2) is 32.9 Å². The molecule has 4 heteroatoms. The summed E-state index contributed by atoms with van der Waals surface area (Å²) in [6.07, 6.45) is 0. The maximum absolute atomic E-state index is 2.46. The van der Waals surface area contributed by atoms with Gasteiger partial charge in [0.1, 0.15) is 29.0 Å². The first-order chi connectivity index (χ1) is 3.35. The van der Waals surface area contributed by atoms with Crippen LogP contribution in [-0.2, 0) is 0 Å². The highest BCUT2D eigenvalue weighted by Crippen LogP contribution is 1.74. The molecule has 0 rings (SSSR count). The first kappa shape index (κ1) is 7.61. The fourth-order valence-electron chi connectivity index (χ4n) is 0.335. The van der Waals surface area contributed by atoms with Gasteiger partial charge in [-0.25, -0.2) is 0 Å². The van der Waals surface area contributed by atoms with Crippen LogP contribution in [0.1, 0.15) is 0 Å². The molecule has 0 bridgehead atoms. The van der Waals surface area contributed by atoms with Crippen molar-refractivity contribution in [1.29, 1.82) is 0 Å². The van der Waals surface area contributed by atoms with Gasteiger partial charge in [-0.05, 0) is 0 Å². The summed E-state index contributed by atoms with van der Waals surface area (Å²) in [6.45, 7) is 6.69. The van der Waals surface area contributed by atoms with Crippen molar-refractivity contribution in [3.63, 3.8) is 0 Å². The second-order valence-electron chi connectivity index (χ2n) is 1.01. The predicted octanol–water partition coefficient (Wildman–Crippen LogP) is 0.290. The molecule has 0 amide bonds. The Kier molecular flexibility index (Phi) is 5.18. The van der Waals surface area contributed by atoms with E-state index in [2.05, 4.69) is 23.5 Å². The van der Waals surface area contributed by atoms with E-state index < -0.39 is 0 Å². The molecule has 0 heterocycles. The fraction of sp³-hybridized carbons (Fsp3) is 1.00. The van der Waals surface area contributed by atoms with Crippen LogP contribution >= 0.6 is 0 Å². The molecule has 38 valence electrons. The first-order valence-electron chi connectivity index (χ1n) is 2.17. The molecule has 0 saturated heterocycles. The zero-order valence-electron chi connectivity index (χ0n) is 4.95. The summed E-state index contributed by atoms with van der Waals surface area (Å²) >= 11 is 0. The smallest absolute Gasteiger partial charge is 0.122 e. The highest BCUT2D eigenvalue weighted by Gasteiger charge is 1.93. The minimum Gasteiger partial charge on any atom is -0.375 e. The van der Waals surface area contributed by atoms with Crippen molar-refractivity contribution in [3.8, 4) is 0 Å². The molecule has 0 aliphatic rings. The van der Waals surface area contributed by atoms with Crippen molar-refractivity contribution in [2.24, 2.45) is 0 Å². The lowest BCUT2D eigenvalue weighted by atomic mass is 11.9. The van der Waals surface area contributed by atoms with Gasteiger partial charge in [-0.2, -0.15) is 0 Å². The van der Waals surface area contributed by atoms with Crippen LogP contribution in [0.4, 0.5) is 0 Å². The van der Waals surface area contributed by atoms with E-state index >= 15 is 0 Å². The minimum absolute atomic E-state index is 1.01. The Labute approximate surface area is 53.2 Å². The normalized spacial score (nSPS) is 10.3. The molecule has 0 aliphatic heterocycles. The topological polar surface area (TPSA) is 3.24 Å². The van der Waals surface area contributed by atoms with E-state index in [1.54, 1.807) is 0 Å². The second-order valence-corrected chi connectivity index (χ2v) is 5.03. The summed E-state index contributed by atoms with van der Waals surface area (Å²) in [6, 6.07) is 0. The third-order valence-electron chi connectivity index (χ3n) is 0.671. The van der Waals surface area contributed by atoms with E-state index in [9.17, 15) is 0 Å². The molecule has 0 unspecified atom stereocenters. The van der Waals surface area contributed by atoms with Gasteiger partial charge in [0, 0.05) is 0 Å². The fourth-order valence-corrected chi connectivity index (χ4v) is 3.02. The van der Waals surface area contributed by atoms with E-state index in [0.29, 0.717) is 0 Å². The summed E-state index contributed by atoms with van der Waals surface area (Å²) in [5.41, 5.74) is 0. The van der Waals surface area contributed by atoms with Gasteiger partial charge < -0.3 is 3.90 Å². The minimum atomic E-state index is 1.01. The van der Waals surface area contributed by atoms with Crippen LogP contribution in [0, 0.1) is 0 Å². The Morgan fingerprint density at radius 2 is 1.14 bits per heavy atom. The Bertz CT molecular complexity index is 31.7. The molecular formula is C3H9NSi3. The van der Waals surface area contributed by atoms with E-state index in [-0.39, 0.29) is 0 Å². The molecule has 1 nitrogen and oxygen atoms in total. The molecule has 6 radical (unpaired) electrons. The molecule has 0 fully saturated rings. The zero-order valence-corrected chi connectivity index (χ0v) is 7.95. The van der Waals surface area contributed by atoms with E-state index in [0.717, 1.165) is 29.0 Å². The van der Waals surface area contributed by atoms with E-state index in [4.69, 9.17) is 0 Å². The molecule has 0 aromatic heterocycles. The molecule has 0 saturated carbocycles. The maximum atomic E-state index is 2.46. The molecule has 0 atom stereocenters. The molecule has 7 heavy (non-hydrogen) atoms. The standard InChI is InChI=1S/C3H9NSi3/c1-5-4(6-2)7-3/h1-3H3. The van der Waals surface area contributed by atoms with Crippen LogP contribution in [0.25, 0.3) is 0 Å². The average Bonchev–Trinajstić information content (AvgIpc) is 1.72. The zero-order chi connectivity index (χ0) is 5.70. The van der Waals surface area contributed by atoms with Crippen LogP contribution in [0.3, 0.4) is 0 Å². The summed E-state index contributed by atoms with van der Waals surface area (Å²) < 4.78 is 2.46. The highest BCUT2D eigenvalue weighted by atomic mass is 28.4. The highest BCUT2D eigenvalue weighted by molar-refractivity contribution is 6.64. The van der Waals surface area contributed by atoms with Gasteiger partial charge in [-0.15, -0.1) is 0 Å². The van der Waals surface area contributed by atoms with Crippen molar-refractivity contribution >= 4 is 29.0 Å². The molecule has 0 aliphatic carbocycles.